The van der Waals surface area contributed by atoms with Gasteiger partial charge in [0, 0.05) is 8.95 Å². The molecule has 0 atom stereocenters. The SMILES string of the molecule is Brc1cccc(C2(c3cccc(Br)c3)c3cc(-c4ccccc4)ccc3-c3c(-c4ccccc4)cccc32)c1. The normalized spacial score (nSPS) is 13.1. The summed E-state index contributed by atoms with van der Waals surface area (Å²) in [6.45, 7) is 0. The van der Waals surface area contributed by atoms with Gasteiger partial charge in [0.1, 0.15) is 0 Å². The Morgan fingerprint density at radius 1 is 0.385 bits per heavy atom. The molecule has 0 saturated carbocycles. The van der Waals surface area contributed by atoms with Crippen molar-refractivity contribution in [3.63, 3.8) is 0 Å². The third kappa shape index (κ3) is 3.93. The van der Waals surface area contributed by atoms with Crippen molar-refractivity contribution in [1.29, 1.82) is 0 Å². The quantitative estimate of drug-likeness (QED) is 0.182. The van der Waals surface area contributed by atoms with E-state index in [0.717, 1.165) is 8.95 Å². The van der Waals surface area contributed by atoms with Gasteiger partial charge in [-0.1, -0.05) is 147 Å². The van der Waals surface area contributed by atoms with Gasteiger partial charge in [-0.15, -0.1) is 0 Å². The zero-order valence-corrected chi connectivity index (χ0v) is 24.3. The van der Waals surface area contributed by atoms with Crippen molar-refractivity contribution < 1.29 is 0 Å². The van der Waals surface area contributed by atoms with Crippen LogP contribution in [0.2, 0.25) is 0 Å². The van der Waals surface area contributed by atoms with Gasteiger partial charge in [-0.3, -0.25) is 0 Å². The monoisotopic (exact) mass is 626 g/mol. The minimum atomic E-state index is -0.492. The summed E-state index contributed by atoms with van der Waals surface area (Å²) < 4.78 is 2.14. The Hall–Kier alpha value is -3.72. The molecule has 0 aliphatic heterocycles. The maximum atomic E-state index is 3.79. The minimum Gasteiger partial charge on any atom is -0.0622 e. The molecular formula is C37H24Br2. The summed E-state index contributed by atoms with van der Waals surface area (Å²) in [6.07, 6.45) is 0. The molecule has 0 unspecified atom stereocenters. The number of hydrogen-bond acceptors (Lipinski definition) is 0. The molecule has 39 heavy (non-hydrogen) atoms. The van der Waals surface area contributed by atoms with E-state index < -0.39 is 5.41 Å². The van der Waals surface area contributed by atoms with E-state index in [2.05, 4.69) is 177 Å². The van der Waals surface area contributed by atoms with E-state index in [1.807, 2.05) is 0 Å². The van der Waals surface area contributed by atoms with Crippen LogP contribution in [0.3, 0.4) is 0 Å². The Bertz CT molecular complexity index is 1770. The van der Waals surface area contributed by atoms with Gasteiger partial charge in [0.2, 0.25) is 0 Å². The van der Waals surface area contributed by atoms with Gasteiger partial charge in [0.05, 0.1) is 5.41 Å². The first kappa shape index (κ1) is 24.3. The maximum absolute atomic E-state index is 3.79. The summed E-state index contributed by atoms with van der Waals surface area (Å²) in [5, 5.41) is 0. The predicted molar refractivity (Wildman–Crippen MR) is 170 cm³/mol. The number of rotatable bonds is 4. The fourth-order valence-electron chi connectivity index (χ4n) is 6.27. The van der Waals surface area contributed by atoms with Crippen LogP contribution in [0.4, 0.5) is 0 Å². The van der Waals surface area contributed by atoms with Crippen LogP contribution in [0.1, 0.15) is 22.3 Å². The molecule has 7 rings (SSSR count). The van der Waals surface area contributed by atoms with Gasteiger partial charge in [-0.2, -0.15) is 0 Å². The summed E-state index contributed by atoms with van der Waals surface area (Å²) in [5.41, 5.74) is 12.1. The maximum Gasteiger partial charge on any atom is 0.0714 e. The molecule has 186 valence electrons. The second-order valence-electron chi connectivity index (χ2n) is 9.99. The smallest absolute Gasteiger partial charge is 0.0622 e. The first-order valence-corrected chi connectivity index (χ1v) is 14.7. The third-order valence-corrected chi connectivity index (χ3v) is 8.86. The molecule has 0 heterocycles. The average molecular weight is 628 g/mol. The predicted octanol–water partition coefficient (Wildman–Crippen LogP) is 10.9. The largest absolute Gasteiger partial charge is 0.0714 e. The lowest BCUT2D eigenvalue weighted by Gasteiger charge is -2.34. The molecule has 0 bridgehead atoms. The molecule has 0 N–H and O–H groups in total. The van der Waals surface area contributed by atoms with E-state index in [4.69, 9.17) is 0 Å². The first-order valence-electron chi connectivity index (χ1n) is 13.1. The molecule has 0 aromatic heterocycles. The van der Waals surface area contributed by atoms with E-state index in [1.165, 1.54) is 55.6 Å². The molecule has 2 heteroatoms. The highest BCUT2D eigenvalue weighted by molar-refractivity contribution is 9.10. The third-order valence-electron chi connectivity index (χ3n) is 7.87. The van der Waals surface area contributed by atoms with Crippen LogP contribution in [0.15, 0.2) is 155 Å². The molecule has 1 aliphatic carbocycles. The Kier molecular flexibility index (Phi) is 6.11. The molecule has 0 saturated heterocycles. The first-order chi connectivity index (χ1) is 19.2. The highest BCUT2D eigenvalue weighted by atomic mass is 79.9. The lowest BCUT2D eigenvalue weighted by Crippen LogP contribution is -2.28. The zero-order valence-electron chi connectivity index (χ0n) is 21.1. The Labute approximate surface area is 246 Å². The van der Waals surface area contributed by atoms with Crippen molar-refractivity contribution in [2.45, 2.75) is 5.41 Å². The number of halogens is 2. The van der Waals surface area contributed by atoms with Gasteiger partial charge in [0.15, 0.2) is 0 Å². The molecule has 6 aromatic rings. The van der Waals surface area contributed by atoms with E-state index in [-0.39, 0.29) is 0 Å². The van der Waals surface area contributed by atoms with Crippen LogP contribution in [0, 0.1) is 0 Å². The van der Waals surface area contributed by atoms with Crippen LogP contribution >= 0.6 is 31.9 Å². The van der Waals surface area contributed by atoms with Crippen LogP contribution in [-0.4, -0.2) is 0 Å². The fraction of sp³-hybridized carbons (Fsp3) is 0.0270. The summed E-state index contributed by atoms with van der Waals surface area (Å²) in [5.74, 6) is 0. The highest BCUT2D eigenvalue weighted by Crippen LogP contribution is 2.59. The summed E-state index contributed by atoms with van der Waals surface area (Å²) >= 11 is 7.59. The highest BCUT2D eigenvalue weighted by Gasteiger charge is 2.47. The topological polar surface area (TPSA) is 0 Å². The number of fused-ring (bicyclic) bond motifs is 3. The van der Waals surface area contributed by atoms with Crippen molar-refractivity contribution in [3.8, 4) is 33.4 Å². The van der Waals surface area contributed by atoms with E-state index >= 15 is 0 Å². The van der Waals surface area contributed by atoms with Crippen LogP contribution in [0.25, 0.3) is 33.4 Å². The van der Waals surface area contributed by atoms with E-state index in [9.17, 15) is 0 Å². The van der Waals surface area contributed by atoms with Crippen molar-refractivity contribution in [3.05, 3.63) is 177 Å². The van der Waals surface area contributed by atoms with Crippen LogP contribution < -0.4 is 0 Å². The van der Waals surface area contributed by atoms with Gasteiger partial charge in [-0.05, 0) is 86.0 Å². The van der Waals surface area contributed by atoms with Crippen molar-refractivity contribution in [2.24, 2.45) is 0 Å². The van der Waals surface area contributed by atoms with Crippen LogP contribution in [-0.2, 0) is 5.41 Å². The summed E-state index contributed by atoms with van der Waals surface area (Å²) in [7, 11) is 0. The molecule has 0 fully saturated rings. The Morgan fingerprint density at radius 2 is 0.974 bits per heavy atom. The zero-order chi connectivity index (χ0) is 26.4. The summed E-state index contributed by atoms with van der Waals surface area (Å²) in [4.78, 5) is 0. The Balaban J connectivity index is 1.65. The van der Waals surface area contributed by atoms with Crippen molar-refractivity contribution in [1.82, 2.24) is 0 Å². The molecule has 1 aliphatic rings. The average Bonchev–Trinajstić information content (AvgIpc) is 3.29. The van der Waals surface area contributed by atoms with Gasteiger partial charge in [0.25, 0.3) is 0 Å². The second kappa shape index (κ2) is 9.79. The standard InChI is InChI=1S/C37H24Br2/c38-30-16-7-14-28(23-30)37(29-15-8-17-31(39)24-29)34-19-9-18-32(26-12-5-2-6-13-26)36(34)33-21-20-27(22-35(33)37)25-10-3-1-4-11-25/h1-24H. The second-order valence-corrected chi connectivity index (χ2v) is 11.8. The lowest BCUT2D eigenvalue weighted by atomic mass is 9.67. The van der Waals surface area contributed by atoms with E-state index in [0.29, 0.717) is 0 Å². The molecule has 0 radical (unpaired) electrons. The fourth-order valence-corrected chi connectivity index (χ4v) is 7.07. The van der Waals surface area contributed by atoms with Gasteiger partial charge < -0.3 is 0 Å². The molecule has 0 amide bonds. The Morgan fingerprint density at radius 3 is 1.59 bits per heavy atom. The van der Waals surface area contributed by atoms with Crippen molar-refractivity contribution in [2.75, 3.05) is 0 Å². The lowest BCUT2D eigenvalue weighted by molar-refractivity contribution is 0.767. The van der Waals surface area contributed by atoms with Gasteiger partial charge >= 0.3 is 0 Å². The molecule has 0 nitrogen and oxygen atoms in total. The summed E-state index contributed by atoms with van der Waals surface area (Å²) in [6, 6.07) is 52.9. The van der Waals surface area contributed by atoms with Gasteiger partial charge in [-0.25, -0.2) is 0 Å². The molecular weight excluding hydrogens is 604 g/mol. The number of benzene rings is 6. The van der Waals surface area contributed by atoms with Crippen molar-refractivity contribution >= 4 is 31.9 Å². The van der Waals surface area contributed by atoms with E-state index in [1.54, 1.807) is 0 Å². The number of hydrogen-bond donors (Lipinski definition) is 0. The minimum absolute atomic E-state index is 0.492. The molecule has 6 aromatic carbocycles. The van der Waals surface area contributed by atoms with Crippen LogP contribution in [0.5, 0.6) is 0 Å². The molecule has 0 spiro atoms.